The van der Waals surface area contributed by atoms with Gasteiger partial charge in [-0.3, -0.25) is 0 Å². The quantitative estimate of drug-likeness (QED) is 0.735. The summed E-state index contributed by atoms with van der Waals surface area (Å²) in [5.74, 6) is 0. The van der Waals surface area contributed by atoms with Gasteiger partial charge in [-0.25, -0.2) is 13.1 Å². The van der Waals surface area contributed by atoms with Gasteiger partial charge in [0.1, 0.15) is 4.90 Å². The number of benzene rings is 1. The van der Waals surface area contributed by atoms with E-state index in [1.54, 1.807) is 23.5 Å². The molecule has 7 heteroatoms. The fourth-order valence-corrected chi connectivity index (χ4v) is 3.22. The minimum Gasteiger partial charge on any atom is -0.399 e. The topological polar surface area (TPSA) is 84.2 Å². The molecule has 0 saturated heterocycles. The maximum absolute atomic E-state index is 11.9. The first-order valence-electron chi connectivity index (χ1n) is 5.61. The van der Waals surface area contributed by atoms with Gasteiger partial charge in [0.2, 0.25) is 10.0 Å². The highest BCUT2D eigenvalue weighted by Gasteiger charge is 2.16. The van der Waals surface area contributed by atoms with Crippen LogP contribution >= 0.6 is 11.3 Å². The smallest absolute Gasteiger partial charge is 0.242 e. The lowest BCUT2D eigenvalue weighted by atomic mass is 10.2. The van der Waals surface area contributed by atoms with Crippen LogP contribution in [-0.2, 0) is 16.6 Å². The van der Waals surface area contributed by atoms with E-state index < -0.39 is 10.0 Å². The third-order valence-corrected chi connectivity index (χ3v) is 4.81. The predicted molar refractivity (Wildman–Crippen MR) is 78.7 cm³/mol. The van der Waals surface area contributed by atoms with Crippen LogP contribution in [0.2, 0.25) is 0 Å². The fourth-order valence-electron chi connectivity index (χ4n) is 1.61. The summed E-state index contributed by atoms with van der Waals surface area (Å²) >= 11 is 1.60. The van der Waals surface area contributed by atoms with Crippen molar-refractivity contribution in [2.45, 2.75) is 11.4 Å². The molecule has 0 aliphatic rings. The van der Waals surface area contributed by atoms with Gasteiger partial charge in [-0.2, -0.15) is 11.3 Å². The van der Waals surface area contributed by atoms with E-state index in [0.717, 1.165) is 5.56 Å². The number of nitrogen functional groups attached to an aromatic ring is 1. The van der Waals surface area contributed by atoms with E-state index in [0.29, 0.717) is 17.9 Å². The van der Waals surface area contributed by atoms with Crippen LogP contribution in [0.1, 0.15) is 5.56 Å². The van der Waals surface area contributed by atoms with E-state index >= 15 is 0 Å². The summed E-state index contributed by atoms with van der Waals surface area (Å²) in [6.45, 7) is 0.569. The molecular weight excluding hydrogens is 282 g/mol. The third kappa shape index (κ3) is 3.25. The molecule has 5 nitrogen and oxygen atoms in total. The van der Waals surface area contributed by atoms with Crippen molar-refractivity contribution in [2.24, 2.45) is 0 Å². The second-order valence-electron chi connectivity index (χ2n) is 3.95. The summed E-state index contributed by atoms with van der Waals surface area (Å²) < 4.78 is 26.2. The zero-order valence-electron chi connectivity index (χ0n) is 10.4. The van der Waals surface area contributed by atoms with Gasteiger partial charge in [-0.1, -0.05) is 0 Å². The average molecular weight is 297 g/mol. The Morgan fingerprint density at radius 2 is 2.11 bits per heavy atom. The molecule has 1 aromatic carbocycles. The van der Waals surface area contributed by atoms with E-state index in [9.17, 15) is 8.42 Å². The average Bonchev–Trinajstić information content (AvgIpc) is 2.90. The third-order valence-electron chi connectivity index (χ3n) is 2.63. The molecule has 0 aliphatic heterocycles. The van der Waals surface area contributed by atoms with Crippen molar-refractivity contribution in [3.63, 3.8) is 0 Å². The molecule has 2 aromatic rings. The highest BCUT2D eigenvalue weighted by Crippen LogP contribution is 2.24. The Hall–Kier alpha value is -1.57. The number of nitrogens with two attached hydrogens (primary N) is 1. The number of anilines is 2. The van der Waals surface area contributed by atoms with E-state index in [1.165, 1.54) is 13.1 Å². The number of rotatable bonds is 5. The SMILES string of the molecule is CNS(=O)(=O)c1cc(N)ccc1NCc1ccsc1. The predicted octanol–water partition coefficient (Wildman–Crippen LogP) is 1.85. The zero-order chi connectivity index (χ0) is 13.9. The highest BCUT2D eigenvalue weighted by molar-refractivity contribution is 7.89. The van der Waals surface area contributed by atoms with Crippen molar-refractivity contribution in [1.29, 1.82) is 0 Å². The van der Waals surface area contributed by atoms with Crippen LogP contribution in [0.3, 0.4) is 0 Å². The molecule has 1 aromatic heterocycles. The molecule has 0 spiro atoms. The van der Waals surface area contributed by atoms with Crippen molar-refractivity contribution in [2.75, 3.05) is 18.1 Å². The molecule has 0 fully saturated rings. The molecule has 1 heterocycles. The number of hydrogen-bond donors (Lipinski definition) is 3. The van der Waals surface area contributed by atoms with E-state index in [2.05, 4.69) is 10.0 Å². The molecule has 2 rings (SSSR count). The second kappa shape index (κ2) is 5.60. The number of thiophene rings is 1. The Kier molecular flexibility index (Phi) is 4.08. The van der Waals surface area contributed by atoms with Crippen LogP contribution in [-0.4, -0.2) is 15.5 Å². The van der Waals surface area contributed by atoms with Crippen LogP contribution in [0.15, 0.2) is 39.9 Å². The second-order valence-corrected chi connectivity index (χ2v) is 6.58. The van der Waals surface area contributed by atoms with Gasteiger partial charge in [0.05, 0.1) is 5.69 Å². The highest BCUT2D eigenvalue weighted by atomic mass is 32.2. The zero-order valence-corrected chi connectivity index (χ0v) is 12.0. The van der Waals surface area contributed by atoms with Gasteiger partial charge < -0.3 is 11.1 Å². The molecule has 0 bridgehead atoms. The molecule has 4 N–H and O–H groups in total. The normalized spacial score (nSPS) is 11.4. The van der Waals surface area contributed by atoms with Gasteiger partial charge in [0.15, 0.2) is 0 Å². The Morgan fingerprint density at radius 3 is 2.74 bits per heavy atom. The lowest BCUT2D eigenvalue weighted by Crippen LogP contribution is -2.20. The number of nitrogens with one attached hydrogen (secondary N) is 2. The van der Waals surface area contributed by atoms with Crippen LogP contribution < -0.4 is 15.8 Å². The summed E-state index contributed by atoms with van der Waals surface area (Å²) in [6.07, 6.45) is 0. The van der Waals surface area contributed by atoms with Gasteiger partial charge in [-0.15, -0.1) is 0 Å². The van der Waals surface area contributed by atoms with E-state index in [-0.39, 0.29) is 4.90 Å². The first-order chi connectivity index (χ1) is 9.03. The maximum Gasteiger partial charge on any atom is 0.242 e. The molecular formula is C12H15N3O2S2. The van der Waals surface area contributed by atoms with Gasteiger partial charge in [0, 0.05) is 12.2 Å². The lowest BCUT2D eigenvalue weighted by Gasteiger charge is -2.12. The van der Waals surface area contributed by atoms with Crippen LogP contribution in [0.5, 0.6) is 0 Å². The Labute approximate surface area is 116 Å². The summed E-state index contributed by atoms with van der Waals surface area (Å²) in [6, 6.07) is 6.78. The number of hydrogen-bond acceptors (Lipinski definition) is 5. The minimum atomic E-state index is -3.53. The molecule has 19 heavy (non-hydrogen) atoms. The summed E-state index contributed by atoms with van der Waals surface area (Å²) in [7, 11) is -2.16. The largest absolute Gasteiger partial charge is 0.399 e. The van der Waals surface area contributed by atoms with Crippen molar-refractivity contribution in [3.05, 3.63) is 40.6 Å². The van der Waals surface area contributed by atoms with Crippen molar-refractivity contribution < 1.29 is 8.42 Å². The molecule has 0 aliphatic carbocycles. The minimum absolute atomic E-state index is 0.158. The van der Waals surface area contributed by atoms with Gasteiger partial charge in [-0.05, 0) is 47.6 Å². The lowest BCUT2D eigenvalue weighted by molar-refractivity contribution is 0.588. The molecule has 102 valence electrons. The molecule has 0 amide bonds. The Balaban J connectivity index is 2.30. The van der Waals surface area contributed by atoms with Gasteiger partial charge >= 0.3 is 0 Å². The Bertz CT molecular complexity index is 652. The van der Waals surface area contributed by atoms with E-state index in [4.69, 9.17) is 5.73 Å². The molecule has 0 radical (unpaired) electrons. The summed E-state index contributed by atoms with van der Waals surface area (Å²) in [5, 5.41) is 7.10. The summed E-state index contributed by atoms with van der Waals surface area (Å²) in [5.41, 5.74) is 7.71. The first-order valence-corrected chi connectivity index (χ1v) is 8.03. The fraction of sp³-hybridized carbons (Fsp3) is 0.167. The van der Waals surface area contributed by atoms with Crippen LogP contribution in [0.25, 0.3) is 0 Å². The van der Waals surface area contributed by atoms with Gasteiger partial charge in [0.25, 0.3) is 0 Å². The molecule has 0 saturated carbocycles. The van der Waals surface area contributed by atoms with Crippen molar-refractivity contribution >= 4 is 32.7 Å². The Morgan fingerprint density at radius 1 is 1.32 bits per heavy atom. The number of sulfonamides is 1. The maximum atomic E-state index is 11.9. The molecule has 0 atom stereocenters. The standard InChI is InChI=1S/C12H15N3O2S2/c1-14-19(16,17)12-6-10(13)2-3-11(12)15-7-9-4-5-18-8-9/h2-6,8,14-15H,7,13H2,1H3. The van der Waals surface area contributed by atoms with Crippen molar-refractivity contribution in [1.82, 2.24) is 4.72 Å². The van der Waals surface area contributed by atoms with Crippen molar-refractivity contribution in [3.8, 4) is 0 Å². The van der Waals surface area contributed by atoms with Crippen LogP contribution in [0, 0.1) is 0 Å². The summed E-state index contributed by atoms with van der Waals surface area (Å²) in [4.78, 5) is 0.158. The molecule has 0 unspecified atom stereocenters. The van der Waals surface area contributed by atoms with E-state index in [1.807, 2.05) is 16.8 Å². The monoisotopic (exact) mass is 297 g/mol. The first kappa shape index (κ1) is 13.9. The van der Waals surface area contributed by atoms with Crippen LogP contribution in [0.4, 0.5) is 11.4 Å².